The molecular formula is C10H20O2P+. The van der Waals surface area contributed by atoms with Crippen LogP contribution < -0.4 is 0 Å². The van der Waals surface area contributed by atoms with Gasteiger partial charge in [-0.3, -0.25) is 0 Å². The Morgan fingerprint density at radius 2 is 2.00 bits per heavy atom. The van der Waals surface area contributed by atoms with Crippen molar-refractivity contribution >= 4 is 8.03 Å². The second-order valence-corrected chi connectivity index (χ2v) is 5.33. The molecule has 0 aromatic carbocycles. The molecule has 0 saturated heterocycles. The smallest absolute Gasteiger partial charge is 0.146 e. The first-order valence-electron chi connectivity index (χ1n) is 5.40. The van der Waals surface area contributed by atoms with Crippen LogP contribution in [0.15, 0.2) is 0 Å². The van der Waals surface area contributed by atoms with Crippen LogP contribution in [0.3, 0.4) is 0 Å². The largest absolute Gasteiger partial charge is 0.507 e. The minimum absolute atomic E-state index is 0.653. The van der Waals surface area contributed by atoms with Gasteiger partial charge in [-0.15, -0.1) is 4.52 Å². The fourth-order valence-corrected chi connectivity index (χ4v) is 2.38. The zero-order valence-electron chi connectivity index (χ0n) is 8.50. The summed E-state index contributed by atoms with van der Waals surface area (Å²) in [7, 11) is -1.36. The molecule has 1 rings (SSSR count). The maximum absolute atomic E-state index is 11.0. The molecule has 0 spiro atoms. The monoisotopic (exact) mass is 203 g/mol. The molecule has 0 aromatic rings. The summed E-state index contributed by atoms with van der Waals surface area (Å²) >= 11 is 0. The van der Waals surface area contributed by atoms with Gasteiger partial charge >= 0.3 is 8.03 Å². The standard InChI is InChI=1S/C10H20O2P/c1-2-13(11)12-9-8-10-6-4-3-5-7-10/h10H,2-9H2,1H3/q+1. The topological polar surface area (TPSA) is 26.3 Å². The van der Waals surface area contributed by atoms with Crippen LogP contribution in [0, 0.1) is 5.92 Å². The highest BCUT2D eigenvalue weighted by molar-refractivity contribution is 7.39. The Balaban J connectivity index is 2.01. The Labute approximate surface area is 81.9 Å². The van der Waals surface area contributed by atoms with E-state index in [1.54, 1.807) is 0 Å². The second-order valence-electron chi connectivity index (χ2n) is 3.77. The highest BCUT2D eigenvalue weighted by Gasteiger charge is 2.17. The summed E-state index contributed by atoms with van der Waals surface area (Å²) in [5.74, 6) is 0.842. The Morgan fingerprint density at radius 3 is 2.62 bits per heavy atom. The van der Waals surface area contributed by atoms with Crippen molar-refractivity contribution in [1.29, 1.82) is 0 Å². The predicted octanol–water partition coefficient (Wildman–Crippen LogP) is 3.74. The van der Waals surface area contributed by atoms with Crippen LogP contribution in [0.2, 0.25) is 0 Å². The average Bonchev–Trinajstić information content (AvgIpc) is 2.19. The van der Waals surface area contributed by atoms with Crippen molar-refractivity contribution in [3.05, 3.63) is 0 Å². The maximum atomic E-state index is 11.0. The van der Waals surface area contributed by atoms with E-state index in [-0.39, 0.29) is 0 Å². The number of hydrogen-bond donors (Lipinski definition) is 0. The van der Waals surface area contributed by atoms with Crippen molar-refractivity contribution in [3.8, 4) is 0 Å². The molecule has 0 bridgehead atoms. The quantitative estimate of drug-likeness (QED) is 0.636. The Hall–Kier alpha value is 0.0600. The molecule has 1 saturated carbocycles. The normalized spacial score (nSPS) is 20.2. The van der Waals surface area contributed by atoms with Gasteiger partial charge in [0.25, 0.3) is 0 Å². The molecule has 1 aliphatic carbocycles. The van der Waals surface area contributed by atoms with Gasteiger partial charge in [-0.25, -0.2) is 0 Å². The molecule has 0 amide bonds. The van der Waals surface area contributed by atoms with E-state index in [1.165, 1.54) is 32.1 Å². The molecule has 1 aliphatic rings. The van der Waals surface area contributed by atoms with E-state index in [0.717, 1.165) is 12.3 Å². The summed E-state index contributed by atoms with van der Waals surface area (Å²) in [5.41, 5.74) is 0. The van der Waals surface area contributed by atoms with Gasteiger partial charge in [0.2, 0.25) is 0 Å². The summed E-state index contributed by atoms with van der Waals surface area (Å²) in [6.07, 6.45) is 8.63. The van der Waals surface area contributed by atoms with Crippen LogP contribution in [0.1, 0.15) is 45.4 Å². The van der Waals surface area contributed by atoms with Crippen molar-refractivity contribution < 1.29 is 9.09 Å². The first-order valence-corrected chi connectivity index (χ1v) is 6.76. The van der Waals surface area contributed by atoms with Gasteiger partial charge in [0.15, 0.2) is 6.16 Å². The van der Waals surface area contributed by atoms with E-state index in [1.807, 2.05) is 6.92 Å². The van der Waals surface area contributed by atoms with Crippen molar-refractivity contribution in [2.24, 2.45) is 5.92 Å². The van der Waals surface area contributed by atoms with E-state index in [0.29, 0.717) is 12.8 Å². The lowest BCUT2D eigenvalue weighted by Crippen LogP contribution is -2.08. The SMILES string of the molecule is CC[P+](=O)OCCC1CCCCC1. The van der Waals surface area contributed by atoms with E-state index in [2.05, 4.69) is 0 Å². The summed E-state index contributed by atoms with van der Waals surface area (Å²) in [6.45, 7) is 2.60. The summed E-state index contributed by atoms with van der Waals surface area (Å²) in [5, 5.41) is 0. The molecule has 2 nitrogen and oxygen atoms in total. The van der Waals surface area contributed by atoms with Crippen LogP contribution >= 0.6 is 8.03 Å². The lowest BCUT2D eigenvalue weighted by Gasteiger charge is -2.19. The fourth-order valence-electron chi connectivity index (χ4n) is 1.89. The van der Waals surface area contributed by atoms with E-state index in [9.17, 15) is 4.57 Å². The molecule has 0 heterocycles. The third-order valence-electron chi connectivity index (χ3n) is 2.74. The molecule has 1 unspecified atom stereocenters. The lowest BCUT2D eigenvalue weighted by molar-refractivity contribution is 0.254. The van der Waals surface area contributed by atoms with Gasteiger partial charge in [-0.05, 0) is 23.8 Å². The Morgan fingerprint density at radius 1 is 1.31 bits per heavy atom. The number of hydrogen-bond acceptors (Lipinski definition) is 2. The lowest BCUT2D eigenvalue weighted by atomic mass is 9.87. The summed E-state index contributed by atoms with van der Waals surface area (Å²) < 4.78 is 16.2. The van der Waals surface area contributed by atoms with Gasteiger partial charge in [0.1, 0.15) is 6.61 Å². The maximum Gasteiger partial charge on any atom is 0.507 e. The van der Waals surface area contributed by atoms with Crippen LogP contribution in [-0.2, 0) is 9.09 Å². The third-order valence-corrected chi connectivity index (χ3v) is 3.73. The minimum atomic E-state index is -1.36. The van der Waals surface area contributed by atoms with Crippen LogP contribution in [-0.4, -0.2) is 12.8 Å². The van der Waals surface area contributed by atoms with Gasteiger partial charge < -0.3 is 0 Å². The molecule has 0 aromatic heterocycles. The second kappa shape index (κ2) is 6.50. The van der Waals surface area contributed by atoms with E-state index < -0.39 is 8.03 Å². The first kappa shape index (κ1) is 11.1. The van der Waals surface area contributed by atoms with Crippen molar-refractivity contribution in [2.45, 2.75) is 45.4 Å². The first-order chi connectivity index (χ1) is 6.33. The average molecular weight is 203 g/mol. The molecule has 0 aliphatic heterocycles. The van der Waals surface area contributed by atoms with Crippen LogP contribution in [0.25, 0.3) is 0 Å². The summed E-state index contributed by atoms with van der Waals surface area (Å²) in [4.78, 5) is 0. The fraction of sp³-hybridized carbons (Fsp3) is 1.00. The molecule has 0 radical (unpaired) electrons. The van der Waals surface area contributed by atoms with Crippen LogP contribution in [0.5, 0.6) is 0 Å². The predicted molar refractivity (Wildman–Crippen MR) is 55.3 cm³/mol. The number of rotatable bonds is 5. The molecule has 76 valence electrons. The zero-order chi connectivity index (χ0) is 9.52. The van der Waals surface area contributed by atoms with Crippen molar-refractivity contribution in [3.63, 3.8) is 0 Å². The molecule has 3 heteroatoms. The zero-order valence-corrected chi connectivity index (χ0v) is 9.39. The van der Waals surface area contributed by atoms with Crippen LogP contribution in [0.4, 0.5) is 0 Å². The van der Waals surface area contributed by atoms with Gasteiger partial charge in [-0.2, -0.15) is 0 Å². The molecular weight excluding hydrogens is 183 g/mol. The highest BCUT2D eigenvalue weighted by atomic mass is 31.1. The Kier molecular flexibility index (Phi) is 5.57. The van der Waals surface area contributed by atoms with Crippen molar-refractivity contribution in [2.75, 3.05) is 12.8 Å². The minimum Gasteiger partial charge on any atom is -0.146 e. The van der Waals surface area contributed by atoms with E-state index in [4.69, 9.17) is 4.52 Å². The van der Waals surface area contributed by atoms with Gasteiger partial charge in [0.05, 0.1) is 0 Å². The highest BCUT2D eigenvalue weighted by Crippen LogP contribution is 2.28. The molecule has 13 heavy (non-hydrogen) atoms. The van der Waals surface area contributed by atoms with E-state index >= 15 is 0 Å². The Bertz CT molecular complexity index is 153. The molecule has 1 fully saturated rings. The van der Waals surface area contributed by atoms with Crippen molar-refractivity contribution in [1.82, 2.24) is 0 Å². The van der Waals surface area contributed by atoms with Gasteiger partial charge in [-0.1, -0.05) is 32.1 Å². The van der Waals surface area contributed by atoms with Gasteiger partial charge in [0, 0.05) is 0 Å². The molecule has 1 atom stereocenters. The third kappa shape index (κ3) is 4.73. The summed E-state index contributed by atoms with van der Waals surface area (Å²) in [6, 6.07) is 0. The molecule has 0 N–H and O–H groups in total.